The lowest BCUT2D eigenvalue weighted by molar-refractivity contribution is 0.475. The molecule has 2 N–H and O–H groups in total. The Bertz CT molecular complexity index is 662. The van der Waals surface area contributed by atoms with E-state index in [1.807, 2.05) is 6.92 Å². The lowest BCUT2D eigenvalue weighted by atomic mass is 10.3. The van der Waals surface area contributed by atoms with Crippen LogP contribution in [-0.2, 0) is 16.6 Å². The summed E-state index contributed by atoms with van der Waals surface area (Å²) in [5, 5.41) is 2.86. The van der Waals surface area contributed by atoms with Crippen LogP contribution in [0.4, 0.5) is 5.69 Å². The third-order valence-electron chi connectivity index (χ3n) is 2.68. The van der Waals surface area contributed by atoms with Gasteiger partial charge in [-0.15, -0.1) is 0 Å². The first-order valence-electron chi connectivity index (χ1n) is 5.84. The minimum atomic E-state index is -3.56. The smallest absolute Gasteiger partial charge is 0.243 e. The Hall–Kier alpha value is -1.79. The second-order valence-electron chi connectivity index (χ2n) is 4.08. The van der Waals surface area contributed by atoms with Gasteiger partial charge in [0, 0.05) is 7.05 Å². The monoisotopic (exact) mass is 280 g/mol. The Kier molecular flexibility index (Phi) is 3.92. The summed E-state index contributed by atoms with van der Waals surface area (Å²) in [7, 11) is -1.88. The highest BCUT2D eigenvalue weighted by Crippen LogP contribution is 2.20. The summed E-state index contributed by atoms with van der Waals surface area (Å²) >= 11 is 0. The molecule has 0 unspecified atom stereocenters. The molecule has 0 fully saturated rings. The number of benzene rings is 1. The quantitative estimate of drug-likeness (QED) is 0.880. The van der Waals surface area contributed by atoms with Gasteiger partial charge in [-0.25, -0.2) is 13.1 Å². The molecule has 0 saturated heterocycles. The second-order valence-corrected chi connectivity index (χ2v) is 5.82. The fourth-order valence-electron chi connectivity index (χ4n) is 1.73. The van der Waals surface area contributed by atoms with E-state index in [2.05, 4.69) is 10.0 Å². The summed E-state index contributed by atoms with van der Waals surface area (Å²) in [6, 6.07) is 10.3. The Morgan fingerprint density at radius 3 is 2.53 bits per heavy atom. The van der Waals surface area contributed by atoms with Crippen LogP contribution in [0.3, 0.4) is 0 Å². The maximum absolute atomic E-state index is 12.2. The Morgan fingerprint density at radius 2 is 1.89 bits per heavy atom. The fraction of sp³-hybridized carbons (Fsp3) is 0.231. The van der Waals surface area contributed by atoms with Crippen LogP contribution in [0.5, 0.6) is 0 Å². The Balaban J connectivity index is 2.18. The van der Waals surface area contributed by atoms with E-state index in [1.165, 1.54) is 0 Å². The second kappa shape index (κ2) is 5.46. The molecule has 1 aromatic heterocycles. The molecule has 1 aromatic carbocycles. The summed E-state index contributed by atoms with van der Waals surface area (Å²) in [5.74, 6) is 1.34. The van der Waals surface area contributed by atoms with Gasteiger partial charge in [-0.3, -0.25) is 0 Å². The molecule has 0 bridgehead atoms. The van der Waals surface area contributed by atoms with Gasteiger partial charge in [-0.05, 0) is 31.2 Å². The van der Waals surface area contributed by atoms with Crippen molar-refractivity contribution >= 4 is 15.7 Å². The number of anilines is 1. The molecule has 0 saturated carbocycles. The van der Waals surface area contributed by atoms with Crippen LogP contribution in [0, 0.1) is 6.92 Å². The Labute approximate surface area is 112 Å². The molecule has 0 radical (unpaired) electrons. The molecular formula is C13H16N2O3S. The molecule has 0 spiro atoms. The van der Waals surface area contributed by atoms with Gasteiger partial charge in [-0.2, -0.15) is 0 Å². The van der Waals surface area contributed by atoms with Gasteiger partial charge in [-0.1, -0.05) is 12.1 Å². The van der Waals surface area contributed by atoms with Crippen LogP contribution < -0.4 is 10.0 Å². The van der Waals surface area contributed by atoms with Crippen molar-refractivity contribution in [2.24, 2.45) is 0 Å². The molecule has 0 atom stereocenters. The first-order chi connectivity index (χ1) is 9.03. The number of hydrogen-bond acceptors (Lipinski definition) is 4. The fourth-order valence-corrected chi connectivity index (χ4v) is 2.94. The summed E-state index contributed by atoms with van der Waals surface area (Å²) < 4.78 is 32.2. The zero-order valence-corrected chi connectivity index (χ0v) is 11.6. The van der Waals surface area contributed by atoms with E-state index in [0.717, 1.165) is 5.76 Å². The van der Waals surface area contributed by atoms with Gasteiger partial charge >= 0.3 is 0 Å². The first kappa shape index (κ1) is 13.6. The molecule has 0 amide bonds. The van der Waals surface area contributed by atoms with Crippen LogP contribution >= 0.6 is 0 Å². The third kappa shape index (κ3) is 3.15. The minimum Gasteiger partial charge on any atom is -0.465 e. The summed E-state index contributed by atoms with van der Waals surface area (Å²) in [6.07, 6.45) is 0. The summed E-state index contributed by atoms with van der Waals surface area (Å²) in [6.45, 7) is 1.95. The van der Waals surface area contributed by atoms with Crippen LogP contribution in [0.15, 0.2) is 45.7 Å². The number of furan rings is 1. The number of rotatable bonds is 5. The van der Waals surface area contributed by atoms with Crippen molar-refractivity contribution in [2.45, 2.75) is 18.4 Å². The van der Waals surface area contributed by atoms with Crippen molar-refractivity contribution in [1.82, 2.24) is 4.72 Å². The van der Waals surface area contributed by atoms with E-state index in [0.29, 0.717) is 11.4 Å². The zero-order chi connectivity index (χ0) is 13.9. The van der Waals surface area contributed by atoms with Gasteiger partial charge in [0.2, 0.25) is 10.0 Å². The normalized spacial score (nSPS) is 11.5. The third-order valence-corrected chi connectivity index (χ3v) is 4.14. The largest absolute Gasteiger partial charge is 0.465 e. The van der Waals surface area contributed by atoms with Crippen LogP contribution in [0.1, 0.15) is 11.5 Å². The highest BCUT2D eigenvalue weighted by Gasteiger charge is 2.17. The van der Waals surface area contributed by atoms with Crippen molar-refractivity contribution in [2.75, 3.05) is 12.4 Å². The molecule has 2 aromatic rings. The number of para-hydroxylation sites is 1. The van der Waals surface area contributed by atoms with Crippen molar-refractivity contribution in [3.05, 3.63) is 47.9 Å². The lowest BCUT2D eigenvalue weighted by Crippen LogP contribution is -2.23. The molecule has 0 aliphatic rings. The Morgan fingerprint density at radius 1 is 1.16 bits per heavy atom. The van der Waals surface area contributed by atoms with Gasteiger partial charge in [0.25, 0.3) is 0 Å². The molecule has 5 nitrogen and oxygen atoms in total. The predicted molar refractivity (Wildman–Crippen MR) is 73.5 cm³/mol. The van der Waals surface area contributed by atoms with Crippen molar-refractivity contribution in [3.63, 3.8) is 0 Å². The van der Waals surface area contributed by atoms with E-state index in [1.54, 1.807) is 43.4 Å². The van der Waals surface area contributed by atoms with Crippen LogP contribution in [0.2, 0.25) is 0 Å². The number of sulfonamides is 1. The molecule has 0 aliphatic heterocycles. The van der Waals surface area contributed by atoms with Crippen molar-refractivity contribution in [3.8, 4) is 0 Å². The van der Waals surface area contributed by atoms with Crippen LogP contribution in [-0.4, -0.2) is 15.5 Å². The number of hydrogen-bond donors (Lipinski definition) is 2. The van der Waals surface area contributed by atoms with Crippen molar-refractivity contribution < 1.29 is 12.8 Å². The molecule has 1 heterocycles. The molecule has 102 valence electrons. The SMILES string of the molecule is CNc1ccccc1S(=O)(=O)NCc1ccc(C)o1. The minimum absolute atomic E-state index is 0.133. The molecule has 0 aliphatic carbocycles. The van der Waals surface area contributed by atoms with Gasteiger partial charge in [0.1, 0.15) is 16.4 Å². The van der Waals surface area contributed by atoms with E-state index >= 15 is 0 Å². The molecule has 19 heavy (non-hydrogen) atoms. The van der Waals surface area contributed by atoms with Gasteiger partial charge < -0.3 is 9.73 Å². The van der Waals surface area contributed by atoms with E-state index in [4.69, 9.17) is 4.42 Å². The maximum Gasteiger partial charge on any atom is 0.243 e. The van der Waals surface area contributed by atoms with E-state index in [9.17, 15) is 8.42 Å². The average molecular weight is 280 g/mol. The standard InChI is InChI=1S/C13H16N2O3S/c1-10-7-8-11(18-10)9-15-19(16,17)13-6-4-3-5-12(13)14-2/h3-8,14-15H,9H2,1-2H3. The van der Waals surface area contributed by atoms with Gasteiger partial charge in [0.05, 0.1) is 12.2 Å². The van der Waals surface area contributed by atoms with Crippen molar-refractivity contribution in [1.29, 1.82) is 0 Å². The first-order valence-corrected chi connectivity index (χ1v) is 7.33. The number of aryl methyl sites for hydroxylation is 1. The van der Waals surface area contributed by atoms with Crippen LogP contribution in [0.25, 0.3) is 0 Å². The van der Waals surface area contributed by atoms with E-state index < -0.39 is 10.0 Å². The summed E-state index contributed by atoms with van der Waals surface area (Å²) in [4.78, 5) is 0.223. The van der Waals surface area contributed by atoms with E-state index in [-0.39, 0.29) is 11.4 Å². The zero-order valence-electron chi connectivity index (χ0n) is 10.8. The highest BCUT2D eigenvalue weighted by atomic mass is 32.2. The average Bonchev–Trinajstić information content (AvgIpc) is 2.82. The maximum atomic E-state index is 12.2. The molecule has 6 heteroatoms. The topological polar surface area (TPSA) is 71.3 Å². The van der Waals surface area contributed by atoms with Gasteiger partial charge in [0.15, 0.2) is 0 Å². The molecular weight excluding hydrogens is 264 g/mol. The lowest BCUT2D eigenvalue weighted by Gasteiger charge is -2.10. The highest BCUT2D eigenvalue weighted by molar-refractivity contribution is 7.89. The molecule has 2 rings (SSSR count). The number of nitrogens with one attached hydrogen (secondary N) is 2. The predicted octanol–water partition coefficient (Wildman–Crippen LogP) is 2.11. The summed E-state index contributed by atoms with van der Waals surface area (Å²) in [5.41, 5.74) is 0.561.